The Morgan fingerprint density at radius 1 is 0.857 bits per heavy atom. The van der Waals surface area contributed by atoms with Gasteiger partial charge in [-0.25, -0.2) is 8.42 Å². The van der Waals surface area contributed by atoms with Crippen molar-refractivity contribution in [2.75, 3.05) is 31.9 Å². The van der Waals surface area contributed by atoms with Crippen LogP contribution >= 0.6 is 11.6 Å². The van der Waals surface area contributed by atoms with Gasteiger partial charge in [0.2, 0.25) is 10.0 Å². The number of anilines is 1. The average Bonchev–Trinajstić information content (AvgIpc) is 2.85. The molecule has 0 spiro atoms. The lowest BCUT2D eigenvalue weighted by Gasteiger charge is -2.24. The summed E-state index contributed by atoms with van der Waals surface area (Å²) in [5, 5.41) is 3.25. The summed E-state index contributed by atoms with van der Waals surface area (Å²) in [7, 11) is 0.925. The quantitative estimate of drug-likeness (QED) is 0.431. The molecule has 0 saturated carbocycles. The Labute approximate surface area is 210 Å². The lowest BCUT2D eigenvalue weighted by Crippen LogP contribution is -2.29. The zero-order valence-corrected chi connectivity index (χ0v) is 21.4. The molecular weight excluding hydrogens is 492 g/mol. The minimum Gasteiger partial charge on any atom is -0.495 e. The average molecular weight is 519 g/mol. The smallest absolute Gasteiger partial charge is 0.251 e. The van der Waals surface area contributed by atoms with E-state index in [-0.39, 0.29) is 12.5 Å². The summed E-state index contributed by atoms with van der Waals surface area (Å²) in [5.41, 5.74) is 2.32. The molecule has 0 bridgehead atoms. The van der Waals surface area contributed by atoms with Crippen molar-refractivity contribution in [1.29, 1.82) is 0 Å². The summed E-state index contributed by atoms with van der Waals surface area (Å²) < 4.78 is 42.1. The number of hydrogen-bond donors (Lipinski definition) is 1. The Morgan fingerprint density at radius 2 is 1.46 bits per heavy atom. The molecule has 35 heavy (non-hydrogen) atoms. The fourth-order valence-corrected chi connectivity index (χ4v) is 4.49. The molecule has 1 N–H and O–H groups in total. The van der Waals surface area contributed by atoms with Crippen LogP contribution in [0.5, 0.6) is 17.2 Å². The Hall–Kier alpha value is -3.43. The van der Waals surface area contributed by atoms with Gasteiger partial charge in [-0.1, -0.05) is 29.8 Å². The number of nitrogens with zero attached hydrogens (tertiary/aromatic N) is 1. The fourth-order valence-electron chi connectivity index (χ4n) is 3.44. The van der Waals surface area contributed by atoms with Crippen molar-refractivity contribution in [2.24, 2.45) is 0 Å². The van der Waals surface area contributed by atoms with E-state index in [1.54, 1.807) is 62.8 Å². The minimum absolute atomic E-state index is 0.0447. The van der Waals surface area contributed by atoms with Gasteiger partial charge < -0.3 is 19.5 Å². The van der Waals surface area contributed by atoms with E-state index >= 15 is 0 Å². The van der Waals surface area contributed by atoms with Gasteiger partial charge in [-0.3, -0.25) is 9.10 Å². The zero-order valence-electron chi connectivity index (χ0n) is 19.9. The summed E-state index contributed by atoms with van der Waals surface area (Å²) in [6.45, 7) is 0.348. The second-order valence-corrected chi connectivity index (χ2v) is 10.00. The van der Waals surface area contributed by atoms with Crippen LogP contribution in [0, 0.1) is 0 Å². The first-order valence-corrected chi connectivity index (χ1v) is 12.8. The van der Waals surface area contributed by atoms with Gasteiger partial charge in [-0.2, -0.15) is 0 Å². The van der Waals surface area contributed by atoms with E-state index in [9.17, 15) is 13.2 Å². The predicted octanol–water partition coefficient (Wildman–Crippen LogP) is 4.26. The molecule has 0 atom stereocenters. The van der Waals surface area contributed by atoms with E-state index in [0.29, 0.717) is 45.6 Å². The van der Waals surface area contributed by atoms with E-state index in [1.165, 1.54) is 17.5 Å². The first kappa shape index (κ1) is 26.2. The Balaban J connectivity index is 1.73. The molecule has 10 heteroatoms. The van der Waals surface area contributed by atoms with E-state index in [1.807, 2.05) is 6.07 Å². The lowest BCUT2D eigenvalue weighted by molar-refractivity contribution is 0.0951. The van der Waals surface area contributed by atoms with E-state index in [4.69, 9.17) is 25.8 Å². The molecule has 8 nitrogen and oxygen atoms in total. The topological polar surface area (TPSA) is 94.2 Å². The first-order chi connectivity index (χ1) is 16.7. The Morgan fingerprint density at radius 3 is 2.06 bits per heavy atom. The van der Waals surface area contributed by atoms with Crippen LogP contribution in [-0.4, -0.2) is 41.9 Å². The number of carbonyl (C=O) groups is 1. The minimum atomic E-state index is -3.65. The number of halogens is 1. The number of rotatable bonds is 10. The SMILES string of the molecule is COc1ccc(CNC(=O)c2ccc(CN(c3cc(Cl)ccc3OC)S(C)(=O)=O)cc2)cc1OC. The maximum Gasteiger partial charge on any atom is 0.251 e. The molecule has 0 aliphatic carbocycles. The van der Waals surface area contributed by atoms with Gasteiger partial charge in [0.15, 0.2) is 11.5 Å². The van der Waals surface area contributed by atoms with Crippen molar-refractivity contribution in [2.45, 2.75) is 13.1 Å². The third kappa shape index (κ3) is 6.58. The maximum atomic E-state index is 12.6. The number of hydrogen-bond acceptors (Lipinski definition) is 6. The van der Waals surface area contributed by atoms with Gasteiger partial charge in [0.1, 0.15) is 5.75 Å². The number of amides is 1. The number of sulfonamides is 1. The van der Waals surface area contributed by atoms with Crippen molar-refractivity contribution in [3.05, 3.63) is 82.4 Å². The molecule has 3 aromatic rings. The number of ether oxygens (including phenoxy) is 3. The molecule has 0 fully saturated rings. The summed E-state index contributed by atoms with van der Waals surface area (Å²) in [6.07, 6.45) is 1.11. The summed E-state index contributed by atoms with van der Waals surface area (Å²) >= 11 is 6.10. The largest absolute Gasteiger partial charge is 0.495 e. The van der Waals surface area contributed by atoms with Crippen LogP contribution in [0.25, 0.3) is 0 Å². The van der Waals surface area contributed by atoms with Crippen molar-refractivity contribution >= 4 is 33.2 Å². The van der Waals surface area contributed by atoms with Crippen LogP contribution in [0.3, 0.4) is 0 Å². The standard InChI is InChI=1S/C25H27ClN2O6S/c1-32-22-12-10-20(26)14-21(22)28(35(4,30)31)16-17-5-8-19(9-6-17)25(29)27-15-18-7-11-23(33-2)24(13-18)34-3/h5-14H,15-16H2,1-4H3,(H,27,29). The van der Waals surface area contributed by atoms with Crippen molar-refractivity contribution in [3.8, 4) is 17.2 Å². The third-order valence-electron chi connectivity index (χ3n) is 5.25. The van der Waals surface area contributed by atoms with Crippen LogP contribution in [0.1, 0.15) is 21.5 Å². The highest BCUT2D eigenvalue weighted by molar-refractivity contribution is 7.92. The molecule has 0 unspecified atom stereocenters. The highest BCUT2D eigenvalue weighted by Crippen LogP contribution is 2.34. The molecule has 186 valence electrons. The summed E-state index contributed by atoms with van der Waals surface area (Å²) in [5.74, 6) is 1.31. The van der Waals surface area contributed by atoms with Gasteiger partial charge in [0.25, 0.3) is 5.91 Å². The molecule has 0 aromatic heterocycles. The molecule has 0 radical (unpaired) electrons. The molecular formula is C25H27ClN2O6S. The van der Waals surface area contributed by atoms with Crippen molar-refractivity contribution in [3.63, 3.8) is 0 Å². The first-order valence-electron chi connectivity index (χ1n) is 10.6. The second-order valence-electron chi connectivity index (χ2n) is 7.65. The summed E-state index contributed by atoms with van der Waals surface area (Å²) in [4.78, 5) is 12.6. The lowest BCUT2D eigenvalue weighted by atomic mass is 10.1. The van der Waals surface area contributed by atoms with Gasteiger partial charge in [-0.05, 0) is 53.6 Å². The predicted molar refractivity (Wildman–Crippen MR) is 136 cm³/mol. The highest BCUT2D eigenvalue weighted by atomic mass is 35.5. The number of benzene rings is 3. The zero-order chi connectivity index (χ0) is 25.6. The normalized spacial score (nSPS) is 11.0. The molecule has 3 aromatic carbocycles. The molecule has 0 aliphatic heterocycles. The fraction of sp³-hybridized carbons (Fsp3) is 0.240. The van der Waals surface area contributed by atoms with Gasteiger partial charge in [0, 0.05) is 17.1 Å². The van der Waals surface area contributed by atoms with Gasteiger partial charge in [0.05, 0.1) is 39.8 Å². The number of methoxy groups -OCH3 is 3. The molecule has 3 rings (SSSR count). The Kier molecular flexibility index (Phi) is 8.48. The van der Waals surface area contributed by atoms with Crippen LogP contribution in [-0.2, 0) is 23.1 Å². The molecule has 0 saturated heterocycles. The van der Waals surface area contributed by atoms with Crippen LogP contribution in [0.15, 0.2) is 60.7 Å². The van der Waals surface area contributed by atoms with Crippen LogP contribution in [0.2, 0.25) is 5.02 Å². The molecule has 0 aliphatic rings. The summed E-state index contributed by atoms with van der Waals surface area (Å²) in [6, 6.07) is 16.9. The van der Waals surface area contributed by atoms with Crippen LogP contribution in [0.4, 0.5) is 5.69 Å². The monoisotopic (exact) mass is 518 g/mol. The maximum absolute atomic E-state index is 12.6. The second kappa shape index (κ2) is 11.3. The Bertz CT molecular complexity index is 1300. The van der Waals surface area contributed by atoms with E-state index in [2.05, 4.69) is 5.32 Å². The molecule has 1 amide bonds. The van der Waals surface area contributed by atoms with Gasteiger partial charge in [-0.15, -0.1) is 0 Å². The third-order valence-corrected chi connectivity index (χ3v) is 6.61. The number of nitrogens with one attached hydrogen (secondary N) is 1. The van der Waals surface area contributed by atoms with E-state index in [0.717, 1.165) is 11.8 Å². The van der Waals surface area contributed by atoms with Crippen molar-refractivity contribution < 1.29 is 27.4 Å². The van der Waals surface area contributed by atoms with Crippen molar-refractivity contribution in [1.82, 2.24) is 5.32 Å². The van der Waals surface area contributed by atoms with Gasteiger partial charge >= 0.3 is 0 Å². The highest BCUT2D eigenvalue weighted by Gasteiger charge is 2.22. The van der Waals surface area contributed by atoms with Crippen LogP contribution < -0.4 is 23.8 Å². The number of carbonyl (C=O) groups excluding carboxylic acids is 1. The molecule has 0 heterocycles. The van der Waals surface area contributed by atoms with E-state index < -0.39 is 10.0 Å².